The lowest BCUT2D eigenvalue weighted by Crippen LogP contribution is -2.14. The van der Waals surface area contributed by atoms with Crippen molar-refractivity contribution >= 4 is 24.6 Å². The number of carbonyl (C=O) groups excluding carboxylic acids is 1. The van der Waals surface area contributed by atoms with Gasteiger partial charge in [0.2, 0.25) is 0 Å². The fourth-order valence-corrected chi connectivity index (χ4v) is 1.18. The fraction of sp³-hybridized carbons (Fsp3) is 0.200. The highest BCUT2D eigenvalue weighted by Gasteiger charge is 2.32. The molecule has 8 heteroatoms. The van der Waals surface area contributed by atoms with Crippen LogP contribution in [0, 0.1) is 0 Å². The van der Waals surface area contributed by atoms with Gasteiger partial charge in [-0.2, -0.15) is 25.8 Å². The monoisotopic (exact) mass is 280 g/mol. The van der Waals surface area contributed by atoms with Crippen molar-refractivity contribution in [3.63, 3.8) is 0 Å². The van der Waals surface area contributed by atoms with Crippen molar-refractivity contribution in [2.75, 3.05) is 5.75 Å². The van der Waals surface area contributed by atoms with Crippen LogP contribution in [0.1, 0.15) is 15.9 Å². The van der Waals surface area contributed by atoms with Gasteiger partial charge in [-0.25, -0.2) is 4.79 Å². The highest BCUT2D eigenvalue weighted by molar-refractivity contribution is 7.81. The summed E-state index contributed by atoms with van der Waals surface area (Å²) in [7, 11) is 0. The lowest BCUT2D eigenvalue weighted by molar-refractivity contribution is -0.138. The Morgan fingerprint density at radius 2 is 1.94 bits per heavy atom. The Kier molecular flexibility index (Phi) is 4.23. The van der Waals surface area contributed by atoms with E-state index in [4.69, 9.17) is 5.11 Å². The van der Waals surface area contributed by atoms with E-state index in [9.17, 15) is 22.8 Å². The molecule has 0 heterocycles. The van der Waals surface area contributed by atoms with Gasteiger partial charge < -0.3 is 9.84 Å². The smallest absolute Gasteiger partial charge is 0.416 e. The predicted molar refractivity (Wildman–Crippen MR) is 57.9 cm³/mol. The van der Waals surface area contributed by atoms with E-state index >= 15 is 0 Å². The Hall–Kier alpha value is -1.70. The van der Waals surface area contributed by atoms with E-state index in [1.807, 2.05) is 0 Å². The number of halogens is 3. The number of rotatable bonds is 3. The minimum atomic E-state index is -4.65. The molecule has 4 nitrogen and oxygen atoms in total. The SMILES string of the molecule is O=C(CS)Oc1cc(C(F)(F)F)ccc1C(=O)O. The maximum absolute atomic E-state index is 12.4. The van der Waals surface area contributed by atoms with E-state index in [0.717, 1.165) is 6.07 Å². The first-order valence-corrected chi connectivity index (χ1v) is 5.15. The second-order valence-electron chi connectivity index (χ2n) is 3.15. The van der Waals surface area contributed by atoms with Gasteiger partial charge >= 0.3 is 18.1 Å². The molecule has 1 aromatic carbocycles. The molecule has 0 aliphatic rings. The van der Waals surface area contributed by atoms with E-state index in [0.29, 0.717) is 12.1 Å². The molecule has 0 fully saturated rings. The predicted octanol–water partition coefficient (Wildman–Crippen LogP) is 2.24. The molecular formula is C10H7F3O4S. The van der Waals surface area contributed by atoms with E-state index < -0.39 is 35.0 Å². The molecule has 0 bridgehead atoms. The van der Waals surface area contributed by atoms with Gasteiger partial charge in [0.05, 0.1) is 11.3 Å². The summed E-state index contributed by atoms with van der Waals surface area (Å²) in [6, 6.07) is 1.79. The van der Waals surface area contributed by atoms with Gasteiger partial charge in [0.1, 0.15) is 11.3 Å². The molecule has 0 aliphatic carbocycles. The van der Waals surface area contributed by atoms with Crippen LogP contribution in [0.2, 0.25) is 0 Å². The van der Waals surface area contributed by atoms with Crippen molar-refractivity contribution < 1.29 is 32.6 Å². The van der Waals surface area contributed by atoms with Crippen LogP contribution in [0.5, 0.6) is 5.75 Å². The molecule has 0 unspecified atom stereocenters. The third-order valence-electron chi connectivity index (χ3n) is 1.89. The molecule has 1 aromatic rings. The van der Waals surface area contributed by atoms with Crippen LogP contribution in [0.4, 0.5) is 13.2 Å². The molecule has 0 aromatic heterocycles. The maximum atomic E-state index is 12.4. The lowest BCUT2D eigenvalue weighted by atomic mass is 10.1. The summed E-state index contributed by atoms with van der Waals surface area (Å²) in [6.45, 7) is 0. The van der Waals surface area contributed by atoms with Gasteiger partial charge in [0.15, 0.2) is 0 Å². The summed E-state index contributed by atoms with van der Waals surface area (Å²) in [5.74, 6) is -3.47. The van der Waals surface area contributed by atoms with Crippen LogP contribution in [-0.2, 0) is 11.0 Å². The summed E-state index contributed by atoms with van der Waals surface area (Å²) < 4.78 is 41.7. The third kappa shape index (κ3) is 3.39. The Balaban J connectivity index is 3.24. The Morgan fingerprint density at radius 1 is 1.33 bits per heavy atom. The van der Waals surface area contributed by atoms with Gasteiger partial charge in [-0.15, -0.1) is 0 Å². The largest absolute Gasteiger partial charge is 0.478 e. The second-order valence-corrected chi connectivity index (χ2v) is 3.46. The van der Waals surface area contributed by atoms with Crippen molar-refractivity contribution in [1.82, 2.24) is 0 Å². The highest BCUT2D eigenvalue weighted by atomic mass is 32.1. The molecule has 0 radical (unpaired) electrons. The quantitative estimate of drug-likeness (QED) is 0.506. The van der Waals surface area contributed by atoms with Crippen molar-refractivity contribution in [2.24, 2.45) is 0 Å². The van der Waals surface area contributed by atoms with Crippen molar-refractivity contribution in [3.8, 4) is 5.75 Å². The van der Waals surface area contributed by atoms with Crippen LogP contribution in [-0.4, -0.2) is 22.8 Å². The molecule has 1 N–H and O–H groups in total. The van der Waals surface area contributed by atoms with Gasteiger partial charge in [0, 0.05) is 0 Å². The fourth-order valence-electron chi connectivity index (χ4n) is 1.11. The first-order valence-electron chi connectivity index (χ1n) is 4.51. The zero-order valence-corrected chi connectivity index (χ0v) is 9.59. The van der Waals surface area contributed by atoms with E-state index in [-0.39, 0.29) is 5.75 Å². The van der Waals surface area contributed by atoms with Crippen molar-refractivity contribution in [1.29, 1.82) is 0 Å². The number of benzene rings is 1. The summed E-state index contributed by atoms with van der Waals surface area (Å²) in [6.07, 6.45) is -4.65. The number of hydrogen-bond acceptors (Lipinski definition) is 4. The number of ether oxygens (including phenoxy) is 1. The van der Waals surface area contributed by atoms with Gasteiger partial charge in [0.25, 0.3) is 0 Å². The van der Waals surface area contributed by atoms with Crippen LogP contribution >= 0.6 is 12.6 Å². The third-order valence-corrected chi connectivity index (χ3v) is 2.15. The van der Waals surface area contributed by atoms with Crippen LogP contribution in [0.25, 0.3) is 0 Å². The standard InChI is InChI=1S/C10H7F3O4S/c11-10(12,13)5-1-2-6(9(15)16)7(3-5)17-8(14)4-18/h1-3,18H,4H2,(H,15,16). The molecule has 0 saturated carbocycles. The Labute approximate surface area is 105 Å². The molecule has 0 saturated heterocycles. The summed E-state index contributed by atoms with van der Waals surface area (Å²) in [5, 5.41) is 8.75. The van der Waals surface area contributed by atoms with Crippen molar-refractivity contribution in [2.45, 2.75) is 6.18 Å². The summed E-state index contributed by atoms with van der Waals surface area (Å²) >= 11 is 3.57. The molecule has 0 aliphatic heterocycles. The number of alkyl halides is 3. The minimum absolute atomic E-state index is 0.380. The van der Waals surface area contributed by atoms with E-state index in [2.05, 4.69) is 17.4 Å². The summed E-state index contributed by atoms with van der Waals surface area (Å²) in [5.41, 5.74) is -1.63. The van der Waals surface area contributed by atoms with E-state index in [1.54, 1.807) is 0 Å². The topological polar surface area (TPSA) is 63.6 Å². The molecular weight excluding hydrogens is 273 g/mol. The zero-order valence-electron chi connectivity index (χ0n) is 8.69. The molecule has 1 rings (SSSR count). The number of thiol groups is 1. The van der Waals surface area contributed by atoms with Crippen LogP contribution in [0.15, 0.2) is 18.2 Å². The summed E-state index contributed by atoms with van der Waals surface area (Å²) in [4.78, 5) is 21.7. The van der Waals surface area contributed by atoms with Crippen molar-refractivity contribution in [3.05, 3.63) is 29.3 Å². The molecule has 0 spiro atoms. The number of carbonyl (C=O) groups is 2. The minimum Gasteiger partial charge on any atom is -0.478 e. The number of carboxylic acid groups (broad SMARTS) is 1. The van der Waals surface area contributed by atoms with Gasteiger partial charge in [-0.05, 0) is 18.2 Å². The number of carboxylic acids is 1. The zero-order chi connectivity index (χ0) is 13.9. The molecule has 0 amide bonds. The first-order chi connectivity index (χ1) is 8.25. The Morgan fingerprint density at radius 3 is 2.39 bits per heavy atom. The molecule has 98 valence electrons. The first kappa shape index (κ1) is 14.4. The number of hydrogen-bond donors (Lipinski definition) is 2. The maximum Gasteiger partial charge on any atom is 0.416 e. The van der Waals surface area contributed by atoms with Crippen LogP contribution < -0.4 is 4.74 Å². The lowest BCUT2D eigenvalue weighted by Gasteiger charge is -2.11. The van der Waals surface area contributed by atoms with Crippen LogP contribution in [0.3, 0.4) is 0 Å². The average molecular weight is 280 g/mol. The van der Waals surface area contributed by atoms with Gasteiger partial charge in [-0.3, -0.25) is 4.79 Å². The molecule has 0 atom stereocenters. The highest BCUT2D eigenvalue weighted by Crippen LogP contribution is 2.33. The van der Waals surface area contributed by atoms with E-state index in [1.165, 1.54) is 0 Å². The number of esters is 1. The normalized spacial score (nSPS) is 11.1. The molecule has 18 heavy (non-hydrogen) atoms. The van der Waals surface area contributed by atoms with Gasteiger partial charge in [-0.1, -0.05) is 0 Å². The second kappa shape index (κ2) is 5.30. The Bertz CT molecular complexity index is 485. The average Bonchev–Trinajstić information content (AvgIpc) is 2.27. The number of aromatic carboxylic acids is 1.